The molecule has 0 aliphatic carbocycles. The summed E-state index contributed by atoms with van der Waals surface area (Å²) in [6, 6.07) is 14.1. The molecule has 2 N–H and O–H groups in total. The van der Waals surface area contributed by atoms with Crippen LogP contribution in [0, 0.1) is 6.92 Å². The first-order valence-electron chi connectivity index (χ1n) is 10.7. The Morgan fingerprint density at radius 1 is 1.00 bits per heavy atom. The van der Waals surface area contributed by atoms with Crippen molar-refractivity contribution in [3.8, 4) is 0 Å². The lowest BCUT2D eigenvalue weighted by Crippen LogP contribution is -2.41. The number of carbonyl (C=O) groups excluding carboxylic acids is 2. The van der Waals surface area contributed by atoms with Crippen molar-refractivity contribution < 1.29 is 9.59 Å². The molecule has 6 nitrogen and oxygen atoms in total. The molecule has 2 aromatic rings. The van der Waals surface area contributed by atoms with Gasteiger partial charge in [-0.2, -0.15) is 0 Å². The quantitative estimate of drug-likeness (QED) is 0.750. The SMILES string of the molecule is Cc1ccc(NC(=O)C(=O)NC[C@@H](c2ccc3c(c2)CCN3C)N2CCCC2)cc1. The lowest BCUT2D eigenvalue weighted by atomic mass is 10.0. The van der Waals surface area contributed by atoms with E-state index in [0.29, 0.717) is 12.2 Å². The average molecular weight is 407 g/mol. The van der Waals surface area contributed by atoms with Crippen molar-refractivity contribution in [2.45, 2.75) is 32.2 Å². The number of nitrogens with one attached hydrogen (secondary N) is 2. The second kappa shape index (κ2) is 8.88. The molecule has 158 valence electrons. The van der Waals surface area contributed by atoms with Gasteiger partial charge in [0.1, 0.15) is 0 Å². The summed E-state index contributed by atoms with van der Waals surface area (Å²) in [5.41, 5.74) is 5.60. The van der Waals surface area contributed by atoms with Crippen LogP contribution in [0.25, 0.3) is 0 Å². The Morgan fingerprint density at radius 3 is 2.47 bits per heavy atom. The first kappa shape index (κ1) is 20.4. The van der Waals surface area contributed by atoms with E-state index in [1.165, 1.54) is 29.7 Å². The fraction of sp³-hybridized carbons (Fsp3) is 0.417. The van der Waals surface area contributed by atoms with Crippen LogP contribution in [0.3, 0.4) is 0 Å². The highest BCUT2D eigenvalue weighted by Crippen LogP contribution is 2.32. The van der Waals surface area contributed by atoms with Crippen LogP contribution in [0.1, 0.15) is 35.6 Å². The maximum atomic E-state index is 12.4. The molecular weight excluding hydrogens is 376 g/mol. The molecule has 30 heavy (non-hydrogen) atoms. The van der Waals surface area contributed by atoms with Gasteiger partial charge in [0.05, 0.1) is 6.04 Å². The molecule has 4 rings (SSSR count). The van der Waals surface area contributed by atoms with E-state index in [1.807, 2.05) is 19.1 Å². The Hall–Kier alpha value is -2.86. The van der Waals surface area contributed by atoms with Crippen molar-refractivity contribution in [3.05, 3.63) is 59.2 Å². The van der Waals surface area contributed by atoms with Crippen LogP contribution in [0.15, 0.2) is 42.5 Å². The number of fused-ring (bicyclic) bond motifs is 1. The molecule has 0 radical (unpaired) electrons. The van der Waals surface area contributed by atoms with E-state index in [1.54, 1.807) is 12.1 Å². The molecule has 1 saturated heterocycles. The van der Waals surface area contributed by atoms with E-state index in [0.717, 1.165) is 31.6 Å². The number of carbonyl (C=O) groups is 2. The van der Waals surface area contributed by atoms with Gasteiger partial charge in [-0.05, 0) is 68.6 Å². The monoisotopic (exact) mass is 406 g/mol. The first-order valence-corrected chi connectivity index (χ1v) is 10.7. The molecule has 2 aromatic carbocycles. The Morgan fingerprint density at radius 2 is 1.73 bits per heavy atom. The molecule has 6 heteroatoms. The zero-order chi connectivity index (χ0) is 21.1. The highest BCUT2D eigenvalue weighted by molar-refractivity contribution is 6.39. The van der Waals surface area contributed by atoms with Crippen molar-refractivity contribution in [2.24, 2.45) is 0 Å². The fourth-order valence-electron chi connectivity index (χ4n) is 4.40. The second-order valence-corrected chi connectivity index (χ2v) is 8.35. The van der Waals surface area contributed by atoms with Gasteiger partial charge in [0.2, 0.25) is 0 Å². The predicted molar refractivity (Wildman–Crippen MR) is 120 cm³/mol. The Kier molecular flexibility index (Phi) is 6.04. The van der Waals surface area contributed by atoms with Gasteiger partial charge in [-0.25, -0.2) is 0 Å². The topological polar surface area (TPSA) is 64.7 Å². The summed E-state index contributed by atoms with van der Waals surface area (Å²) in [5.74, 6) is -1.23. The molecule has 2 amide bonds. The van der Waals surface area contributed by atoms with Crippen molar-refractivity contribution >= 4 is 23.2 Å². The number of benzene rings is 2. The van der Waals surface area contributed by atoms with E-state index >= 15 is 0 Å². The highest BCUT2D eigenvalue weighted by atomic mass is 16.2. The van der Waals surface area contributed by atoms with Crippen LogP contribution < -0.4 is 15.5 Å². The van der Waals surface area contributed by atoms with Gasteiger partial charge in [0.15, 0.2) is 0 Å². The predicted octanol–water partition coefficient (Wildman–Crippen LogP) is 2.88. The van der Waals surface area contributed by atoms with Crippen molar-refractivity contribution in [3.63, 3.8) is 0 Å². The maximum Gasteiger partial charge on any atom is 0.313 e. The number of anilines is 2. The summed E-state index contributed by atoms with van der Waals surface area (Å²) in [6.45, 7) is 5.49. The van der Waals surface area contributed by atoms with E-state index in [-0.39, 0.29) is 6.04 Å². The van der Waals surface area contributed by atoms with Gasteiger partial charge in [-0.1, -0.05) is 29.8 Å². The van der Waals surface area contributed by atoms with Crippen LogP contribution in [0.2, 0.25) is 0 Å². The number of amides is 2. The second-order valence-electron chi connectivity index (χ2n) is 8.35. The number of nitrogens with zero attached hydrogens (tertiary/aromatic N) is 2. The van der Waals surface area contributed by atoms with E-state index < -0.39 is 11.8 Å². The zero-order valence-electron chi connectivity index (χ0n) is 17.8. The van der Waals surface area contributed by atoms with E-state index in [2.05, 4.69) is 45.7 Å². The molecule has 0 bridgehead atoms. The maximum absolute atomic E-state index is 12.4. The third-order valence-electron chi connectivity index (χ3n) is 6.17. The van der Waals surface area contributed by atoms with Crippen LogP contribution in [-0.4, -0.2) is 49.9 Å². The summed E-state index contributed by atoms with van der Waals surface area (Å²) < 4.78 is 0. The summed E-state index contributed by atoms with van der Waals surface area (Å²) in [7, 11) is 2.12. The molecule has 0 saturated carbocycles. The molecule has 0 spiro atoms. The minimum absolute atomic E-state index is 0.0832. The van der Waals surface area contributed by atoms with Crippen LogP contribution >= 0.6 is 0 Å². The lowest BCUT2D eigenvalue weighted by molar-refractivity contribution is -0.136. The standard InChI is InChI=1S/C24H30N4O2/c1-17-5-8-20(9-6-17)26-24(30)23(29)25-16-22(28-12-3-4-13-28)18-7-10-21-19(15-18)11-14-27(21)2/h5-10,15,22H,3-4,11-14,16H2,1-2H3,(H,25,29)(H,26,30)/t22-/m0/s1. The molecule has 2 aliphatic heterocycles. The molecule has 1 fully saturated rings. The fourth-order valence-corrected chi connectivity index (χ4v) is 4.40. The summed E-state index contributed by atoms with van der Waals surface area (Å²) in [4.78, 5) is 29.5. The van der Waals surface area contributed by atoms with Gasteiger partial charge in [-0.15, -0.1) is 0 Å². The normalized spacial score (nSPS) is 16.9. The Balaban J connectivity index is 1.43. The zero-order valence-corrected chi connectivity index (χ0v) is 17.8. The molecular formula is C24H30N4O2. The number of likely N-dealkylation sites (tertiary alicyclic amines) is 1. The third kappa shape index (κ3) is 4.49. The van der Waals surface area contributed by atoms with Crippen molar-refractivity contribution in [2.75, 3.05) is 43.4 Å². The van der Waals surface area contributed by atoms with Gasteiger partial charge in [0, 0.05) is 31.5 Å². The van der Waals surface area contributed by atoms with Gasteiger partial charge in [-0.3, -0.25) is 14.5 Å². The Bertz CT molecular complexity index is 919. The summed E-state index contributed by atoms with van der Waals surface area (Å²) >= 11 is 0. The minimum Gasteiger partial charge on any atom is -0.374 e. The van der Waals surface area contributed by atoms with Gasteiger partial charge < -0.3 is 15.5 Å². The molecule has 0 unspecified atom stereocenters. The van der Waals surface area contributed by atoms with Gasteiger partial charge in [0.25, 0.3) is 0 Å². The first-order chi connectivity index (χ1) is 14.5. The van der Waals surface area contributed by atoms with Gasteiger partial charge >= 0.3 is 11.8 Å². The minimum atomic E-state index is -0.630. The van der Waals surface area contributed by atoms with Crippen molar-refractivity contribution in [1.82, 2.24) is 10.2 Å². The molecule has 1 atom stereocenters. The van der Waals surface area contributed by atoms with Crippen LogP contribution in [0.5, 0.6) is 0 Å². The molecule has 2 heterocycles. The van der Waals surface area contributed by atoms with Crippen molar-refractivity contribution in [1.29, 1.82) is 0 Å². The third-order valence-corrected chi connectivity index (χ3v) is 6.17. The van der Waals surface area contributed by atoms with Crippen LogP contribution in [-0.2, 0) is 16.0 Å². The number of aryl methyl sites for hydroxylation is 1. The number of hydrogen-bond donors (Lipinski definition) is 2. The van der Waals surface area contributed by atoms with Crippen LogP contribution in [0.4, 0.5) is 11.4 Å². The number of hydrogen-bond acceptors (Lipinski definition) is 4. The average Bonchev–Trinajstić information content (AvgIpc) is 3.40. The van der Waals surface area contributed by atoms with E-state index in [4.69, 9.17) is 0 Å². The summed E-state index contributed by atoms with van der Waals surface area (Å²) in [5, 5.41) is 5.53. The number of rotatable bonds is 5. The smallest absolute Gasteiger partial charge is 0.313 e. The molecule has 0 aromatic heterocycles. The largest absolute Gasteiger partial charge is 0.374 e. The number of likely N-dealkylation sites (N-methyl/N-ethyl adjacent to an activating group) is 1. The Labute approximate surface area is 178 Å². The lowest BCUT2D eigenvalue weighted by Gasteiger charge is -2.28. The molecule has 2 aliphatic rings. The summed E-state index contributed by atoms with van der Waals surface area (Å²) in [6.07, 6.45) is 3.40. The van der Waals surface area contributed by atoms with E-state index in [9.17, 15) is 9.59 Å². The highest BCUT2D eigenvalue weighted by Gasteiger charge is 2.27.